The van der Waals surface area contributed by atoms with Crippen molar-refractivity contribution in [3.05, 3.63) is 64.6 Å². The molecule has 0 aromatic heterocycles. The number of hydrogen-bond donors (Lipinski definition) is 1. The van der Waals surface area contributed by atoms with Gasteiger partial charge in [0, 0.05) is 13.1 Å². The molecular formula is C17H18BrNO2. The maximum Gasteiger partial charge on any atom is 0.151 e. The summed E-state index contributed by atoms with van der Waals surface area (Å²) in [7, 11) is 0. The summed E-state index contributed by atoms with van der Waals surface area (Å²) in [5.41, 5.74) is 1.13. The van der Waals surface area contributed by atoms with Crippen molar-refractivity contribution in [2.24, 2.45) is 0 Å². The normalized spacial score (nSPS) is 20.0. The maximum atomic E-state index is 6.26. The monoisotopic (exact) mass is 347 g/mol. The van der Waals surface area contributed by atoms with E-state index >= 15 is 0 Å². The van der Waals surface area contributed by atoms with E-state index in [9.17, 15) is 0 Å². The number of halogens is 1. The summed E-state index contributed by atoms with van der Waals surface area (Å²) in [6.07, 6.45) is -0.119. The molecule has 1 saturated heterocycles. The zero-order valence-electron chi connectivity index (χ0n) is 11.7. The zero-order chi connectivity index (χ0) is 14.5. The van der Waals surface area contributed by atoms with Crippen LogP contribution in [0.25, 0.3) is 0 Å². The van der Waals surface area contributed by atoms with E-state index in [4.69, 9.17) is 9.47 Å². The van der Waals surface area contributed by atoms with Gasteiger partial charge in [-0.2, -0.15) is 0 Å². The van der Waals surface area contributed by atoms with Gasteiger partial charge < -0.3 is 14.8 Å². The lowest BCUT2D eigenvalue weighted by atomic mass is 10.0. The molecule has 1 fully saturated rings. The van der Waals surface area contributed by atoms with Crippen molar-refractivity contribution < 1.29 is 9.47 Å². The van der Waals surface area contributed by atoms with Gasteiger partial charge in [0.05, 0.1) is 11.1 Å². The molecule has 1 heterocycles. The lowest BCUT2D eigenvalue weighted by molar-refractivity contribution is -0.0434. The van der Waals surface area contributed by atoms with Crippen LogP contribution in [0.2, 0.25) is 0 Å². The van der Waals surface area contributed by atoms with E-state index in [0.29, 0.717) is 6.61 Å². The Morgan fingerprint density at radius 3 is 2.57 bits per heavy atom. The molecule has 0 spiro atoms. The first kappa shape index (κ1) is 14.6. The standard InChI is InChI=1S/C17H18BrNO2/c18-14-8-4-5-9-15(14)21-17(13-6-2-1-3-7-13)16-12-19-10-11-20-16/h1-9,16-17,19H,10-12H2/t16-,17?/m1/s1. The first-order chi connectivity index (χ1) is 10.3. The smallest absolute Gasteiger partial charge is 0.151 e. The van der Waals surface area contributed by atoms with E-state index in [1.807, 2.05) is 42.5 Å². The Balaban J connectivity index is 1.87. The third-order valence-corrected chi connectivity index (χ3v) is 4.17. The highest BCUT2D eigenvalue weighted by atomic mass is 79.9. The molecule has 3 nitrogen and oxygen atoms in total. The second-order valence-electron chi connectivity index (χ2n) is 4.99. The van der Waals surface area contributed by atoms with Gasteiger partial charge >= 0.3 is 0 Å². The Morgan fingerprint density at radius 2 is 1.86 bits per heavy atom. The minimum atomic E-state index is -0.127. The molecule has 4 heteroatoms. The number of hydrogen-bond acceptors (Lipinski definition) is 3. The van der Waals surface area contributed by atoms with Crippen LogP contribution >= 0.6 is 15.9 Å². The molecule has 1 unspecified atom stereocenters. The molecule has 21 heavy (non-hydrogen) atoms. The summed E-state index contributed by atoms with van der Waals surface area (Å²) < 4.78 is 13.1. The number of nitrogens with one attached hydrogen (secondary N) is 1. The van der Waals surface area contributed by atoms with Crippen LogP contribution < -0.4 is 10.1 Å². The van der Waals surface area contributed by atoms with Crippen molar-refractivity contribution in [1.82, 2.24) is 5.32 Å². The lowest BCUT2D eigenvalue weighted by Gasteiger charge is -2.31. The van der Waals surface area contributed by atoms with E-state index in [0.717, 1.165) is 28.9 Å². The number of benzene rings is 2. The van der Waals surface area contributed by atoms with Gasteiger partial charge in [-0.25, -0.2) is 0 Å². The summed E-state index contributed by atoms with van der Waals surface area (Å²) in [6.45, 7) is 2.41. The fourth-order valence-electron chi connectivity index (χ4n) is 2.46. The van der Waals surface area contributed by atoms with Crippen molar-refractivity contribution in [3.63, 3.8) is 0 Å². The zero-order valence-corrected chi connectivity index (χ0v) is 13.3. The topological polar surface area (TPSA) is 30.5 Å². The largest absolute Gasteiger partial charge is 0.482 e. The van der Waals surface area contributed by atoms with Crippen LogP contribution in [-0.4, -0.2) is 25.8 Å². The van der Waals surface area contributed by atoms with Gasteiger partial charge in [-0.1, -0.05) is 42.5 Å². The Bertz CT molecular complexity index is 570. The summed E-state index contributed by atoms with van der Waals surface area (Å²) in [4.78, 5) is 0. The molecule has 1 aliphatic heterocycles. The van der Waals surface area contributed by atoms with Gasteiger partial charge in [-0.15, -0.1) is 0 Å². The van der Waals surface area contributed by atoms with Crippen molar-refractivity contribution in [3.8, 4) is 5.75 Å². The van der Waals surface area contributed by atoms with Gasteiger partial charge in [0.25, 0.3) is 0 Å². The summed E-state index contributed by atoms with van der Waals surface area (Å²) in [5.74, 6) is 0.834. The highest BCUT2D eigenvalue weighted by Gasteiger charge is 2.28. The van der Waals surface area contributed by atoms with Crippen LogP contribution in [0.5, 0.6) is 5.75 Å². The fraction of sp³-hybridized carbons (Fsp3) is 0.294. The third-order valence-electron chi connectivity index (χ3n) is 3.51. The molecule has 3 rings (SSSR count). The van der Waals surface area contributed by atoms with E-state index < -0.39 is 0 Å². The van der Waals surface area contributed by atoms with Crippen LogP contribution in [0, 0.1) is 0 Å². The third kappa shape index (κ3) is 3.64. The minimum Gasteiger partial charge on any atom is -0.482 e. The average Bonchev–Trinajstić information content (AvgIpc) is 2.56. The minimum absolute atomic E-state index is 0.00764. The van der Waals surface area contributed by atoms with E-state index in [1.165, 1.54) is 0 Å². The van der Waals surface area contributed by atoms with Crippen molar-refractivity contribution in [1.29, 1.82) is 0 Å². The lowest BCUT2D eigenvalue weighted by Crippen LogP contribution is -2.43. The Labute approximate surface area is 133 Å². The number of para-hydroxylation sites is 1. The molecule has 0 amide bonds. The van der Waals surface area contributed by atoms with Gasteiger partial charge in [-0.05, 0) is 33.6 Å². The highest BCUT2D eigenvalue weighted by Crippen LogP contribution is 2.31. The molecule has 1 N–H and O–H groups in total. The SMILES string of the molecule is Brc1ccccc1OC(c1ccccc1)[C@H]1CNCCO1. The average molecular weight is 348 g/mol. The van der Waals surface area contributed by atoms with Crippen LogP contribution in [0.4, 0.5) is 0 Å². The van der Waals surface area contributed by atoms with Crippen molar-refractivity contribution >= 4 is 15.9 Å². The molecule has 1 aliphatic rings. The Morgan fingerprint density at radius 1 is 1.10 bits per heavy atom. The van der Waals surface area contributed by atoms with Crippen molar-refractivity contribution in [2.45, 2.75) is 12.2 Å². The summed E-state index contributed by atoms with van der Waals surface area (Å²) in [5, 5.41) is 3.37. The van der Waals surface area contributed by atoms with E-state index in [1.54, 1.807) is 0 Å². The summed E-state index contributed by atoms with van der Waals surface area (Å²) >= 11 is 3.54. The van der Waals surface area contributed by atoms with Crippen LogP contribution in [0.3, 0.4) is 0 Å². The molecule has 2 atom stereocenters. The van der Waals surface area contributed by atoms with Crippen LogP contribution in [-0.2, 0) is 4.74 Å². The molecular weight excluding hydrogens is 330 g/mol. The van der Waals surface area contributed by atoms with E-state index in [2.05, 4.69) is 33.4 Å². The number of morpholine rings is 1. The Kier molecular flexibility index (Phi) is 4.91. The molecule has 110 valence electrons. The van der Waals surface area contributed by atoms with Gasteiger partial charge in [0.15, 0.2) is 6.10 Å². The number of ether oxygens (including phenoxy) is 2. The van der Waals surface area contributed by atoms with Crippen LogP contribution in [0.15, 0.2) is 59.1 Å². The molecule has 0 saturated carbocycles. The Hall–Kier alpha value is -1.36. The highest BCUT2D eigenvalue weighted by molar-refractivity contribution is 9.10. The van der Waals surface area contributed by atoms with Gasteiger partial charge in [0.1, 0.15) is 11.9 Å². The summed E-state index contributed by atoms with van der Waals surface area (Å²) in [6, 6.07) is 18.1. The maximum absolute atomic E-state index is 6.26. The van der Waals surface area contributed by atoms with Gasteiger partial charge in [-0.3, -0.25) is 0 Å². The molecule has 2 aromatic rings. The second-order valence-corrected chi connectivity index (χ2v) is 5.85. The molecule has 0 aliphatic carbocycles. The van der Waals surface area contributed by atoms with Gasteiger partial charge in [0.2, 0.25) is 0 Å². The van der Waals surface area contributed by atoms with Crippen molar-refractivity contribution in [2.75, 3.05) is 19.7 Å². The quantitative estimate of drug-likeness (QED) is 0.917. The van der Waals surface area contributed by atoms with E-state index in [-0.39, 0.29) is 12.2 Å². The molecule has 0 radical (unpaired) electrons. The number of rotatable bonds is 4. The first-order valence-electron chi connectivity index (χ1n) is 7.13. The first-order valence-corrected chi connectivity index (χ1v) is 7.92. The molecule has 2 aromatic carbocycles. The second kappa shape index (κ2) is 7.07. The predicted molar refractivity (Wildman–Crippen MR) is 86.6 cm³/mol. The molecule has 0 bridgehead atoms. The fourth-order valence-corrected chi connectivity index (χ4v) is 2.84. The van der Waals surface area contributed by atoms with Crippen LogP contribution in [0.1, 0.15) is 11.7 Å². The predicted octanol–water partition coefficient (Wildman–Crippen LogP) is 3.56.